The second-order valence-corrected chi connectivity index (χ2v) is 2.10. The van der Waals surface area contributed by atoms with E-state index in [2.05, 4.69) is 6.92 Å². The molecule has 0 bridgehead atoms. The fourth-order valence-electron chi connectivity index (χ4n) is 0.539. The Kier molecular flexibility index (Phi) is 20.1. The summed E-state index contributed by atoms with van der Waals surface area (Å²) in [5.74, 6) is 0. The van der Waals surface area contributed by atoms with Gasteiger partial charge in [0, 0.05) is 13.2 Å². The third-order valence-electron chi connectivity index (χ3n) is 1.01. The first kappa shape index (κ1) is 12.6. The maximum Gasteiger partial charge on any atom is 0.0431 e. The summed E-state index contributed by atoms with van der Waals surface area (Å²) in [6.07, 6.45) is 4.68. The molecule has 0 aromatic carbocycles. The van der Waals surface area contributed by atoms with Crippen LogP contribution in [-0.2, 0) is 0 Å². The zero-order valence-electron chi connectivity index (χ0n) is 7.14. The molecule has 0 aliphatic heterocycles. The molecule has 0 saturated carbocycles. The number of unbranched alkanes of at least 4 members (excludes halogenated alkanes) is 3. The SMILES string of the molecule is CCCCCCO.CCO. The van der Waals surface area contributed by atoms with Gasteiger partial charge in [0.25, 0.3) is 0 Å². The molecule has 0 heterocycles. The van der Waals surface area contributed by atoms with Gasteiger partial charge >= 0.3 is 0 Å². The van der Waals surface area contributed by atoms with Gasteiger partial charge in [-0.05, 0) is 13.3 Å². The van der Waals surface area contributed by atoms with Gasteiger partial charge in [-0.2, -0.15) is 0 Å². The van der Waals surface area contributed by atoms with Gasteiger partial charge in [0.15, 0.2) is 0 Å². The van der Waals surface area contributed by atoms with E-state index in [-0.39, 0.29) is 6.61 Å². The molecule has 0 aromatic heterocycles. The topological polar surface area (TPSA) is 40.5 Å². The molecular weight excluding hydrogens is 128 g/mol. The summed E-state index contributed by atoms with van der Waals surface area (Å²) in [6, 6.07) is 0. The van der Waals surface area contributed by atoms with Crippen LogP contribution in [0.15, 0.2) is 0 Å². The van der Waals surface area contributed by atoms with Crippen molar-refractivity contribution in [1.29, 1.82) is 0 Å². The Morgan fingerprint density at radius 2 is 1.40 bits per heavy atom. The van der Waals surface area contributed by atoms with Gasteiger partial charge in [0.05, 0.1) is 0 Å². The Bertz CT molecular complexity index is 34.2. The van der Waals surface area contributed by atoms with Crippen LogP contribution in [0.1, 0.15) is 39.5 Å². The van der Waals surface area contributed by atoms with Crippen molar-refractivity contribution in [2.45, 2.75) is 39.5 Å². The van der Waals surface area contributed by atoms with Crippen molar-refractivity contribution in [2.75, 3.05) is 13.2 Å². The van der Waals surface area contributed by atoms with Crippen LogP contribution in [0.3, 0.4) is 0 Å². The molecular formula is C8H20O2. The average molecular weight is 148 g/mol. The molecule has 0 amide bonds. The largest absolute Gasteiger partial charge is 0.397 e. The maximum atomic E-state index is 8.29. The van der Waals surface area contributed by atoms with E-state index < -0.39 is 0 Å². The summed E-state index contributed by atoms with van der Waals surface area (Å²) >= 11 is 0. The predicted octanol–water partition coefficient (Wildman–Crippen LogP) is 1.56. The predicted molar refractivity (Wildman–Crippen MR) is 44.0 cm³/mol. The summed E-state index contributed by atoms with van der Waals surface area (Å²) in [5.41, 5.74) is 0. The lowest BCUT2D eigenvalue weighted by atomic mass is 10.2. The molecule has 2 heteroatoms. The average Bonchev–Trinajstić information content (AvgIpc) is 1.91. The first-order valence-electron chi connectivity index (χ1n) is 4.05. The quantitative estimate of drug-likeness (QED) is 0.594. The van der Waals surface area contributed by atoms with Crippen LogP contribution in [0.4, 0.5) is 0 Å². The molecule has 0 fully saturated rings. The second kappa shape index (κ2) is 16.0. The minimum Gasteiger partial charge on any atom is -0.397 e. The van der Waals surface area contributed by atoms with Crippen LogP contribution in [0.25, 0.3) is 0 Å². The number of aliphatic hydroxyl groups is 2. The molecule has 0 unspecified atom stereocenters. The summed E-state index contributed by atoms with van der Waals surface area (Å²) < 4.78 is 0. The van der Waals surface area contributed by atoms with Crippen molar-refractivity contribution in [3.63, 3.8) is 0 Å². The fourth-order valence-corrected chi connectivity index (χ4v) is 0.539. The van der Waals surface area contributed by atoms with Gasteiger partial charge in [-0.25, -0.2) is 0 Å². The Labute approximate surface area is 63.9 Å². The van der Waals surface area contributed by atoms with Crippen molar-refractivity contribution in [3.8, 4) is 0 Å². The third-order valence-corrected chi connectivity index (χ3v) is 1.01. The second-order valence-electron chi connectivity index (χ2n) is 2.10. The number of aliphatic hydroxyl groups excluding tert-OH is 2. The molecule has 10 heavy (non-hydrogen) atoms. The monoisotopic (exact) mass is 148 g/mol. The molecule has 0 aliphatic carbocycles. The van der Waals surface area contributed by atoms with Crippen molar-refractivity contribution < 1.29 is 10.2 Å². The summed E-state index contributed by atoms with van der Waals surface area (Å²) in [5, 5.41) is 15.9. The van der Waals surface area contributed by atoms with Crippen molar-refractivity contribution in [1.82, 2.24) is 0 Å². The summed E-state index contributed by atoms with van der Waals surface area (Å²) in [4.78, 5) is 0. The Morgan fingerprint density at radius 3 is 1.70 bits per heavy atom. The lowest BCUT2D eigenvalue weighted by Gasteiger charge is -1.90. The normalized spacial score (nSPS) is 8.40. The molecule has 0 spiro atoms. The van der Waals surface area contributed by atoms with Gasteiger partial charge in [-0.1, -0.05) is 26.2 Å². The zero-order valence-corrected chi connectivity index (χ0v) is 7.14. The smallest absolute Gasteiger partial charge is 0.0431 e. The van der Waals surface area contributed by atoms with E-state index in [1.165, 1.54) is 19.3 Å². The van der Waals surface area contributed by atoms with E-state index >= 15 is 0 Å². The minimum absolute atomic E-state index is 0.250. The molecule has 0 aliphatic rings. The highest BCUT2D eigenvalue weighted by atomic mass is 16.3. The maximum absolute atomic E-state index is 8.29. The zero-order chi connectivity index (χ0) is 8.24. The molecule has 2 N–H and O–H groups in total. The van der Waals surface area contributed by atoms with E-state index in [0.29, 0.717) is 6.61 Å². The molecule has 2 nitrogen and oxygen atoms in total. The number of rotatable bonds is 4. The summed E-state index contributed by atoms with van der Waals surface area (Å²) in [7, 11) is 0. The highest BCUT2D eigenvalue weighted by molar-refractivity contribution is 4.35. The van der Waals surface area contributed by atoms with E-state index in [1.54, 1.807) is 6.92 Å². The lowest BCUT2D eigenvalue weighted by molar-refractivity contribution is 0.283. The molecule has 0 aromatic rings. The Balaban J connectivity index is 0. The number of hydrogen-bond donors (Lipinski definition) is 2. The molecule has 0 saturated heterocycles. The number of hydrogen-bond acceptors (Lipinski definition) is 2. The van der Waals surface area contributed by atoms with E-state index in [0.717, 1.165) is 6.42 Å². The highest BCUT2D eigenvalue weighted by Crippen LogP contribution is 1.95. The minimum atomic E-state index is 0.250. The van der Waals surface area contributed by atoms with Crippen molar-refractivity contribution in [2.24, 2.45) is 0 Å². The van der Waals surface area contributed by atoms with E-state index in [9.17, 15) is 0 Å². The third kappa shape index (κ3) is 24.7. The molecule has 64 valence electrons. The first-order valence-corrected chi connectivity index (χ1v) is 4.05. The Morgan fingerprint density at radius 1 is 0.900 bits per heavy atom. The van der Waals surface area contributed by atoms with Gasteiger partial charge in [0.2, 0.25) is 0 Å². The van der Waals surface area contributed by atoms with Crippen LogP contribution >= 0.6 is 0 Å². The fraction of sp³-hybridized carbons (Fsp3) is 1.00. The Hall–Kier alpha value is -0.0800. The van der Waals surface area contributed by atoms with E-state index in [4.69, 9.17) is 10.2 Å². The molecule has 0 atom stereocenters. The van der Waals surface area contributed by atoms with Crippen LogP contribution in [0.2, 0.25) is 0 Å². The van der Waals surface area contributed by atoms with Crippen molar-refractivity contribution in [3.05, 3.63) is 0 Å². The van der Waals surface area contributed by atoms with Gasteiger partial charge in [-0.3, -0.25) is 0 Å². The van der Waals surface area contributed by atoms with Crippen LogP contribution in [0.5, 0.6) is 0 Å². The molecule has 0 rings (SSSR count). The van der Waals surface area contributed by atoms with Crippen molar-refractivity contribution >= 4 is 0 Å². The standard InChI is InChI=1S/C6H14O.C2H6O/c1-2-3-4-5-6-7;1-2-3/h7H,2-6H2,1H3;3H,2H2,1H3. The van der Waals surface area contributed by atoms with Gasteiger partial charge < -0.3 is 10.2 Å². The van der Waals surface area contributed by atoms with Crippen LogP contribution < -0.4 is 0 Å². The van der Waals surface area contributed by atoms with Gasteiger partial charge in [-0.15, -0.1) is 0 Å². The van der Waals surface area contributed by atoms with Crippen LogP contribution in [-0.4, -0.2) is 23.4 Å². The highest BCUT2D eigenvalue weighted by Gasteiger charge is 1.80. The van der Waals surface area contributed by atoms with Crippen LogP contribution in [0, 0.1) is 0 Å². The summed E-state index contributed by atoms with van der Waals surface area (Å²) in [6.45, 7) is 4.46. The lowest BCUT2D eigenvalue weighted by Crippen LogP contribution is -1.80. The molecule has 0 radical (unpaired) electrons. The first-order chi connectivity index (χ1) is 4.83. The van der Waals surface area contributed by atoms with Gasteiger partial charge in [0.1, 0.15) is 0 Å². The van der Waals surface area contributed by atoms with E-state index in [1.807, 2.05) is 0 Å².